The first-order chi connectivity index (χ1) is 8.44. The van der Waals surface area contributed by atoms with Crippen LogP contribution in [0.15, 0.2) is 0 Å². The molecule has 2 fully saturated rings. The molecule has 0 bridgehead atoms. The van der Waals surface area contributed by atoms with E-state index in [9.17, 15) is 10.2 Å². The predicted octanol–water partition coefficient (Wildman–Crippen LogP) is 0.865. The summed E-state index contributed by atoms with van der Waals surface area (Å²) in [4.78, 5) is 2.36. The summed E-state index contributed by atoms with van der Waals surface area (Å²) in [6, 6.07) is 0.378. The highest BCUT2D eigenvalue weighted by atomic mass is 16.5. The van der Waals surface area contributed by atoms with Crippen LogP contribution < -0.4 is 0 Å². The highest BCUT2D eigenvalue weighted by Crippen LogP contribution is 2.41. The Kier molecular flexibility index (Phi) is 4.32. The maximum Gasteiger partial charge on any atom is 0.0933 e. The number of aliphatic hydroxyl groups is 2. The molecule has 106 valence electrons. The van der Waals surface area contributed by atoms with Crippen LogP contribution in [0.2, 0.25) is 0 Å². The van der Waals surface area contributed by atoms with E-state index < -0.39 is 0 Å². The third-order valence-corrected chi connectivity index (χ3v) is 4.71. The van der Waals surface area contributed by atoms with Crippen molar-refractivity contribution in [1.82, 2.24) is 4.90 Å². The van der Waals surface area contributed by atoms with Gasteiger partial charge in [-0.15, -0.1) is 0 Å². The number of hydrogen-bond donors (Lipinski definition) is 2. The van der Waals surface area contributed by atoms with Gasteiger partial charge in [0, 0.05) is 19.1 Å². The molecular formula is C14H27NO3. The van der Waals surface area contributed by atoms with E-state index in [1.54, 1.807) is 0 Å². The molecule has 0 aromatic rings. The van der Waals surface area contributed by atoms with Crippen LogP contribution in [0, 0.1) is 11.3 Å². The van der Waals surface area contributed by atoms with Crippen LogP contribution in [-0.2, 0) is 4.74 Å². The molecule has 4 heteroatoms. The van der Waals surface area contributed by atoms with Crippen LogP contribution in [-0.4, -0.2) is 59.7 Å². The molecule has 2 rings (SSSR count). The molecular weight excluding hydrogens is 230 g/mol. The summed E-state index contributed by atoms with van der Waals surface area (Å²) in [6.07, 6.45) is 1.93. The zero-order valence-corrected chi connectivity index (χ0v) is 11.8. The van der Waals surface area contributed by atoms with E-state index in [1.165, 1.54) is 0 Å². The second kappa shape index (κ2) is 5.45. The third kappa shape index (κ3) is 2.87. The third-order valence-electron chi connectivity index (χ3n) is 4.71. The second-order valence-corrected chi connectivity index (χ2v) is 6.67. The molecule has 1 aliphatic heterocycles. The van der Waals surface area contributed by atoms with E-state index >= 15 is 0 Å². The molecule has 1 saturated carbocycles. The average molecular weight is 257 g/mol. The Balaban J connectivity index is 1.92. The summed E-state index contributed by atoms with van der Waals surface area (Å²) in [7, 11) is 0. The summed E-state index contributed by atoms with van der Waals surface area (Å²) >= 11 is 0. The monoisotopic (exact) mass is 257 g/mol. The minimum Gasteiger partial charge on any atom is -0.394 e. The number of hydrogen-bond acceptors (Lipinski definition) is 4. The smallest absolute Gasteiger partial charge is 0.0933 e. The second-order valence-electron chi connectivity index (χ2n) is 6.67. The summed E-state index contributed by atoms with van der Waals surface area (Å²) in [5, 5.41) is 19.5. The lowest BCUT2D eigenvalue weighted by atomic mass is 9.87. The lowest BCUT2D eigenvalue weighted by molar-refractivity contribution is -0.0869. The first-order valence-electron chi connectivity index (χ1n) is 7.08. The molecule has 0 aromatic carbocycles. The Morgan fingerprint density at radius 3 is 2.67 bits per heavy atom. The molecule has 0 amide bonds. The van der Waals surface area contributed by atoms with Crippen molar-refractivity contribution in [3.63, 3.8) is 0 Å². The van der Waals surface area contributed by atoms with Crippen LogP contribution in [0.5, 0.6) is 0 Å². The summed E-state index contributed by atoms with van der Waals surface area (Å²) in [5.74, 6) is 0.361. The quantitative estimate of drug-likeness (QED) is 0.787. The number of rotatable bonds is 3. The van der Waals surface area contributed by atoms with Gasteiger partial charge < -0.3 is 14.9 Å². The van der Waals surface area contributed by atoms with Crippen molar-refractivity contribution in [3.8, 4) is 0 Å². The van der Waals surface area contributed by atoms with Gasteiger partial charge in [-0.05, 0) is 31.1 Å². The Morgan fingerprint density at radius 1 is 1.39 bits per heavy atom. The summed E-state index contributed by atoms with van der Waals surface area (Å²) < 4.78 is 5.55. The molecule has 0 radical (unpaired) electrons. The van der Waals surface area contributed by atoms with Gasteiger partial charge in [-0.25, -0.2) is 0 Å². The van der Waals surface area contributed by atoms with Gasteiger partial charge in [-0.3, -0.25) is 4.90 Å². The molecule has 2 aliphatic rings. The van der Waals surface area contributed by atoms with E-state index in [-0.39, 0.29) is 24.2 Å². The van der Waals surface area contributed by atoms with Crippen LogP contribution in [0.4, 0.5) is 0 Å². The standard InChI is InChI=1S/C14H27NO3/c1-10-9-18-12(8-16)7-15(10)6-11-4-5-14(2,3)13(11)17/h10-13,16-17H,4-9H2,1-3H3. The molecule has 4 unspecified atom stereocenters. The van der Waals surface area contributed by atoms with Crippen molar-refractivity contribution in [2.75, 3.05) is 26.3 Å². The van der Waals surface area contributed by atoms with Crippen LogP contribution >= 0.6 is 0 Å². The van der Waals surface area contributed by atoms with Crippen molar-refractivity contribution >= 4 is 0 Å². The van der Waals surface area contributed by atoms with Crippen molar-refractivity contribution in [2.24, 2.45) is 11.3 Å². The Labute approximate surface area is 110 Å². The van der Waals surface area contributed by atoms with Crippen molar-refractivity contribution in [1.29, 1.82) is 0 Å². The molecule has 1 aliphatic carbocycles. The predicted molar refractivity (Wildman–Crippen MR) is 70.4 cm³/mol. The molecule has 0 aromatic heterocycles. The van der Waals surface area contributed by atoms with Gasteiger partial charge in [-0.1, -0.05) is 13.8 Å². The minimum atomic E-state index is -0.208. The van der Waals surface area contributed by atoms with E-state index in [4.69, 9.17) is 4.74 Å². The van der Waals surface area contributed by atoms with Crippen molar-refractivity contribution < 1.29 is 14.9 Å². The highest BCUT2D eigenvalue weighted by Gasteiger charge is 2.42. The van der Waals surface area contributed by atoms with Gasteiger partial charge in [0.05, 0.1) is 25.4 Å². The highest BCUT2D eigenvalue weighted by molar-refractivity contribution is 4.93. The maximum atomic E-state index is 10.3. The van der Waals surface area contributed by atoms with Gasteiger partial charge in [-0.2, -0.15) is 0 Å². The fraction of sp³-hybridized carbons (Fsp3) is 1.00. The van der Waals surface area contributed by atoms with E-state index in [2.05, 4.69) is 25.7 Å². The SMILES string of the molecule is CC1COC(CO)CN1CC1CCC(C)(C)C1O. The van der Waals surface area contributed by atoms with Crippen LogP contribution in [0.25, 0.3) is 0 Å². The first kappa shape index (κ1) is 14.3. The van der Waals surface area contributed by atoms with Crippen LogP contribution in [0.1, 0.15) is 33.6 Å². The van der Waals surface area contributed by atoms with Gasteiger partial charge in [0.25, 0.3) is 0 Å². The zero-order valence-electron chi connectivity index (χ0n) is 11.8. The van der Waals surface area contributed by atoms with Gasteiger partial charge in [0.1, 0.15) is 0 Å². The maximum absolute atomic E-state index is 10.3. The lowest BCUT2D eigenvalue weighted by Gasteiger charge is -2.39. The van der Waals surface area contributed by atoms with Crippen LogP contribution in [0.3, 0.4) is 0 Å². The zero-order chi connectivity index (χ0) is 13.3. The molecule has 2 N–H and O–H groups in total. The molecule has 4 atom stereocenters. The minimum absolute atomic E-state index is 0.0522. The Morgan fingerprint density at radius 2 is 2.11 bits per heavy atom. The van der Waals surface area contributed by atoms with E-state index in [1.807, 2.05) is 0 Å². The fourth-order valence-electron chi connectivity index (χ4n) is 3.23. The molecule has 1 heterocycles. The first-order valence-corrected chi connectivity index (χ1v) is 7.08. The van der Waals surface area contributed by atoms with Gasteiger partial charge in [0.15, 0.2) is 0 Å². The number of nitrogens with zero attached hydrogens (tertiary/aromatic N) is 1. The Hall–Kier alpha value is -0.160. The van der Waals surface area contributed by atoms with Crippen molar-refractivity contribution in [3.05, 3.63) is 0 Å². The normalized spacial score (nSPS) is 41.2. The Bertz CT molecular complexity index is 282. The van der Waals surface area contributed by atoms with E-state index in [0.29, 0.717) is 18.6 Å². The molecule has 4 nitrogen and oxygen atoms in total. The number of aliphatic hydroxyl groups excluding tert-OH is 2. The topological polar surface area (TPSA) is 52.9 Å². The summed E-state index contributed by atoms with van der Waals surface area (Å²) in [6.45, 7) is 8.92. The molecule has 0 spiro atoms. The van der Waals surface area contributed by atoms with E-state index in [0.717, 1.165) is 25.9 Å². The van der Waals surface area contributed by atoms with Gasteiger partial charge in [0.2, 0.25) is 0 Å². The van der Waals surface area contributed by atoms with Crippen molar-refractivity contribution in [2.45, 2.75) is 51.9 Å². The molecule has 18 heavy (non-hydrogen) atoms. The lowest BCUT2D eigenvalue weighted by Crippen LogP contribution is -2.51. The largest absolute Gasteiger partial charge is 0.394 e. The average Bonchev–Trinajstić information content (AvgIpc) is 2.59. The number of morpholine rings is 1. The number of ether oxygens (including phenoxy) is 1. The fourth-order valence-corrected chi connectivity index (χ4v) is 3.23. The van der Waals surface area contributed by atoms with Gasteiger partial charge >= 0.3 is 0 Å². The summed E-state index contributed by atoms with van der Waals surface area (Å²) in [5.41, 5.74) is 0.0522. The molecule has 1 saturated heterocycles.